The van der Waals surface area contributed by atoms with Crippen molar-refractivity contribution in [3.63, 3.8) is 0 Å². The van der Waals surface area contributed by atoms with E-state index in [1.54, 1.807) is 24.3 Å². The Balaban J connectivity index is 2.71. The van der Waals surface area contributed by atoms with Gasteiger partial charge in [-0.2, -0.15) is 0 Å². The number of hydrogen-bond donors (Lipinski definition) is 2. The van der Waals surface area contributed by atoms with Crippen molar-refractivity contribution in [1.82, 2.24) is 0 Å². The molecule has 0 spiro atoms. The van der Waals surface area contributed by atoms with Crippen LogP contribution in [0, 0.1) is 5.92 Å². The van der Waals surface area contributed by atoms with E-state index in [1.165, 1.54) is 6.92 Å². The highest BCUT2D eigenvalue weighted by Gasteiger charge is 2.20. The van der Waals surface area contributed by atoms with Gasteiger partial charge in [0.1, 0.15) is 11.7 Å². The molecule has 0 radical (unpaired) electrons. The Morgan fingerprint density at radius 2 is 2.18 bits per heavy atom. The van der Waals surface area contributed by atoms with E-state index in [0.717, 1.165) is 0 Å². The Bertz CT molecular complexity index is 417. The highest BCUT2D eigenvalue weighted by molar-refractivity contribution is 6.03. The van der Waals surface area contributed by atoms with Gasteiger partial charge in [0.25, 0.3) is 0 Å². The molecule has 5 heteroatoms. The summed E-state index contributed by atoms with van der Waals surface area (Å²) < 4.78 is 5.27. The average molecular weight is 237 g/mol. The smallest absolute Gasteiger partial charge is 0.315 e. The summed E-state index contributed by atoms with van der Waals surface area (Å²) in [5, 5.41) is 11.2. The zero-order chi connectivity index (χ0) is 12.8. The van der Waals surface area contributed by atoms with Crippen LogP contribution in [-0.2, 0) is 9.59 Å². The maximum absolute atomic E-state index is 11.5. The highest BCUT2D eigenvalue weighted by atomic mass is 16.5. The Kier molecular flexibility index (Phi) is 4.51. The average Bonchev–Trinajstić information content (AvgIpc) is 2.28. The normalized spacial score (nSPS) is 11.6. The number of aliphatic carboxylic acids is 1. The summed E-state index contributed by atoms with van der Waals surface area (Å²) in [6.07, 6.45) is 0. The second-order valence-electron chi connectivity index (χ2n) is 3.51. The van der Waals surface area contributed by atoms with E-state index in [4.69, 9.17) is 9.84 Å². The number of carboxylic acids is 1. The van der Waals surface area contributed by atoms with Crippen molar-refractivity contribution in [3.8, 4) is 5.75 Å². The minimum absolute atomic E-state index is 0.522. The van der Waals surface area contributed by atoms with Crippen LogP contribution in [0.25, 0.3) is 0 Å². The summed E-state index contributed by atoms with van der Waals surface area (Å²) in [5.41, 5.74) is 0.522. The van der Waals surface area contributed by atoms with Crippen LogP contribution >= 0.6 is 0 Å². The van der Waals surface area contributed by atoms with Gasteiger partial charge in [0.15, 0.2) is 0 Å². The van der Waals surface area contributed by atoms with Crippen LogP contribution in [0.5, 0.6) is 5.75 Å². The fourth-order valence-electron chi connectivity index (χ4n) is 1.19. The minimum atomic E-state index is -1.15. The molecule has 0 saturated carbocycles. The Morgan fingerprint density at radius 3 is 2.76 bits per heavy atom. The lowest BCUT2D eigenvalue weighted by Crippen LogP contribution is -2.26. The van der Waals surface area contributed by atoms with Crippen molar-refractivity contribution in [2.45, 2.75) is 13.8 Å². The van der Waals surface area contributed by atoms with Gasteiger partial charge in [-0.05, 0) is 26.0 Å². The molecule has 1 aromatic carbocycles. The van der Waals surface area contributed by atoms with Crippen molar-refractivity contribution < 1.29 is 19.4 Å². The van der Waals surface area contributed by atoms with Crippen molar-refractivity contribution >= 4 is 17.6 Å². The topological polar surface area (TPSA) is 75.6 Å². The van der Waals surface area contributed by atoms with E-state index in [1.807, 2.05) is 6.92 Å². The molecule has 0 aromatic heterocycles. The van der Waals surface area contributed by atoms with Crippen LogP contribution in [0.1, 0.15) is 13.8 Å². The van der Waals surface area contributed by atoms with Crippen LogP contribution < -0.4 is 10.1 Å². The van der Waals surface area contributed by atoms with Gasteiger partial charge >= 0.3 is 5.97 Å². The second kappa shape index (κ2) is 5.89. The van der Waals surface area contributed by atoms with Gasteiger partial charge in [-0.1, -0.05) is 6.07 Å². The fourth-order valence-corrected chi connectivity index (χ4v) is 1.19. The lowest BCUT2D eigenvalue weighted by Gasteiger charge is -2.09. The number of nitrogens with one attached hydrogen (secondary N) is 1. The lowest BCUT2D eigenvalue weighted by molar-refractivity contribution is -0.144. The zero-order valence-corrected chi connectivity index (χ0v) is 9.77. The number of amides is 1. The molecule has 0 fully saturated rings. The Labute approximate surface area is 99.4 Å². The van der Waals surface area contributed by atoms with Crippen LogP contribution in [0.3, 0.4) is 0 Å². The van der Waals surface area contributed by atoms with E-state index >= 15 is 0 Å². The molecule has 0 saturated heterocycles. The van der Waals surface area contributed by atoms with Crippen molar-refractivity contribution in [2.24, 2.45) is 5.92 Å². The fraction of sp³-hybridized carbons (Fsp3) is 0.333. The molecule has 2 N–H and O–H groups in total. The van der Waals surface area contributed by atoms with E-state index in [0.29, 0.717) is 18.0 Å². The molecule has 0 aliphatic carbocycles. The van der Waals surface area contributed by atoms with Gasteiger partial charge in [0, 0.05) is 11.8 Å². The standard InChI is InChI=1S/C12H15NO4/c1-3-17-10-6-4-5-9(7-10)13-11(14)8(2)12(15)16/h4-8H,3H2,1-2H3,(H,13,14)(H,15,16). The summed E-state index contributed by atoms with van der Waals surface area (Å²) in [5.74, 6) is -2.14. The molecular weight excluding hydrogens is 222 g/mol. The van der Waals surface area contributed by atoms with Gasteiger partial charge in [0.2, 0.25) is 5.91 Å². The van der Waals surface area contributed by atoms with Crippen molar-refractivity contribution in [3.05, 3.63) is 24.3 Å². The maximum atomic E-state index is 11.5. The summed E-state index contributed by atoms with van der Waals surface area (Å²) in [6.45, 7) is 3.73. The SMILES string of the molecule is CCOc1cccc(NC(=O)C(C)C(=O)O)c1. The number of carboxylic acid groups (broad SMARTS) is 1. The molecule has 0 aliphatic heterocycles. The number of carbonyl (C=O) groups excluding carboxylic acids is 1. The zero-order valence-electron chi connectivity index (χ0n) is 9.77. The van der Waals surface area contributed by atoms with Gasteiger partial charge in [0.05, 0.1) is 6.61 Å². The lowest BCUT2D eigenvalue weighted by atomic mass is 10.1. The van der Waals surface area contributed by atoms with Gasteiger partial charge in [-0.3, -0.25) is 9.59 Å². The molecule has 0 heterocycles. The summed E-state index contributed by atoms with van der Waals surface area (Å²) in [7, 11) is 0. The Morgan fingerprint density at radius 1 is 1.47 bits per heavy atom. The minimum Gasteiger partial charge on any atom is -0.494 e. The third-order valence-corrected chi connectivity index (χ3v) is 2.18. The molecule has 17 heavy (non-hydrogen) atoms. The summed E-state index contributed by atoms with van der Waals surface area (Å²) in [4.78, 5) is 22.1. The molecular formula is C12H15NO4. The number of anilines is 1. The van der Waals surface area contributed by atoms with Crippen LogP contribution in [0.4, 0.5) is 5.69 Å². The number of hydrogen-bond acceptors (Lipinski definition) is 3. The first-order chi connectivity index (χ1) is 8.04. The molecule has 5 nitrogen and oxygen atoms in total. The molecule has 1 rings (SSSR count). The van der Waals surface area contributed by atoms with Crippen LogP contribution in [0.15, 0.2) is 24.3 Å². The van der Waals surface area contributed by atoms with Crippen LogP contribution in [-0.4, -0.2) is 23.6 Å². The third kappa shape index (κ3) is 3.79. The summed E-state index contributed by atoms with van der Waals surface area (Å²) >= 11 is 0. The van der Waals surface area contributed by atoms with E-state index in [9.17, 15) is 9.59 Å². The molecule has 0 bridgehead atoms. The summed E-state index contributed by atoms with van der Waals surface area (Å²) in [6, 6.07) is 6.82. The van der Waals surface area contributed by atoms with E-state index < -0.39 is 17.8 Å². The molecule has 0 aliphatic rings. The highest BCUT2D eigenvalue weighted by Crippen LogP contribution is 2.17. The number of ether oxygens (including phenoxy) is 1. The van der Waals surface area contributed by atoms with E-state index in [-0.39, 0.29) is 0 Å². The second-order valence-corrected chi connectivity index (χ2v) is 3.51. The monoisotopic (exact) mass is 237 g/mol. The van der Waals surface area contributed by atoms with Gasteiger partial charge in [-0.25, -0.2) is 0 Å². The van der Waals surface area contributed by atoms with E-state index in [2.05, 4.69) is 5.32 Å². The van der Waals surface area contributed by atoms with Gasteiger partial charge < -0.3 is 15.2 Å². The number of benzene rings is 1. The first kappa shape index (κ1) is 13.0. The Hall–Kier alpha value is -2.04. The van der Waals surface area contributed by atoms with Crippen molar-refractivity contribution in [2.75, 3.05) is 11.9 Å². The predicted octanol–water partition coefficient (Wildman–Crippen LogP) is 1.74. The van der Waals surface area contributed by atoms with Crippen molar-refractivity contribution in [1.29, 1.82) is 0 Å². The largest absolute Gasteiger partial charge is 0.494 e. The quantitative estimate of drug-likeness (QED) is 0.765. The van der Waals surface area contributed by atoms with Crippen LogP contribution in [0.2, 0.25) is 0 Å². The predicted molar refractivity (Wildman–Crippen MR) is 63.0 cm³/mol. The van der Waals surface area contributed by atoms with Gasteiger partial charge in [-0.15, -0.1) is 0 Å². The molecule has 92 valence electrons. The maximum Gasteiger partial charge on any atom is 0.315 e. The third-order valence-electron chi connectivity index (χ3n) is 2.18. The molecule has 1 aromatic rings. The first-order valence-corrected chi connectivity index (χ1v) is 5.31. The number of rotatable bonds is 5. The molecule has 1 amide bonds. The molecule has 1 unspecified atom stereocenters. The molecule has 1 atom stereocenters. The number of carbonyl (C=O) groups is 2. The first-order valence-electron chi connectivity index (χ1n) is 5.31.